The van der Waals surface area contributed by atoms with Crippen LogP contribution in [0.5, 0.6) is 11.5 Å². The molecule has 2 unspecified atom stereocenters. The number of aromatic nitrogens is 2. The minimum Gasteiger partial charge on any atom is -0.493 e. The topological polar surface area (TPSA) is 77.4 Å². The predicted molar refractivity (Wildman–Crippen MR) is 117 cm³/mol. The van der Waals surface area contributed by atoms with Crippen molar-refractivity contribution >= 4 is 17.4 Å². The Hall–Kier alpha value is -3.69. The Kier molecular flexibility index (Phi) is 5.92. The van der Waals surface area contributed by atoms with Crippen LogP contribution in [0.2, 0.25) is 0 Å². The number of hydrogen-bond donors (Lipinski definition) is 2. The summed E-state index contributed by atoms with van der Waals surface area (Å²) in [6.07, 6.45) is -4.85. The third kappa shape index (κ3) is 4.46. The van der Waals surface area contributed by atoms with Crippen molar-refractivity contribution in [3.8, 4) is 11.5 Å². The summed E-state index contributed by atoms with van der Waals surface area (Å²) < 4.78 is 53.2. The number of halogens is 3. The van der Waals surface area contributed by atoms with Gasteiger partial charge in [-0.3, -0.25) is 4.79 Å². The molecule has 0 saturated carbocycles. The number of aryl methyl sites for hydroxylation is 1. The summed E-state index contributed by atoms with van der Waals surface area (Å²) >= 11 is 0. The fourth-order valence-corrected chi connectivity index (χ4v) is 3.87. The molecule has 0 spiro atoms. The van der Waals surface area contributed by atoms with Crippen LogP contribution < -0.4 is 20.1 Å². The van der Waals surface area contributed by atoms with Crippen LogP contribution in [0.4, 0.5) is 24.7 Å². The van der Waals surface area contributed by atoms with Gasteiger partial charge in [0.1, 0.15) is 5.82 Å². The summed E-state index contributed by atoms with van der Waals surface area (Å²) in [5.74, 6) is 0.414. The summed E-state index contributed by atoms with van der Waals surface area (Å²) in [4.78, 5) is 12.7. The molecule has 3 aromatic rings. The molecule has 2 atom stereocenters. The summed E-state index contributed by atoms with van der Waals surface area (Å²) in [5, 5.41) is 9.78. The number of fused-ring (bicyclic) bond motifs is 1. The largest absolute Gasteiger partial charge is 0.493 e. The number of methoxy groups -OCH3 is 2. The highest BCUT2D eigenvalue weighted by atomic mass is 19.4. The lowest BCUT2D eigenvalue weighted by Crippen LogP contribution is -2.35. The van der Waals surface area contributed by atoms with Crippen molar-refractivity contribution in [2.75, 3.05) is 24.9 Å². The lowest BCUT2D eigenvalue weighted by atomic mass is 9.96. The van der Waals surface area contributed by atoms with E-state index in [-0.39, 0.29) is 17.9 Å². The first-order valence-corrected chi connectivity index (χ1v) is 10.2. The first kappa shape index (κ1) is 22.5. The predicted octanol–water partition coefficient (Wildman–Crippen LogP) is 5.12. The van der Waals surface area contributed by atoms with Gasteiger partial charge >= 0.3 is 6.18 Å². The van der Waals surface area contributed by atoms with Gasteiger partial charge in [0, 0.05) is 18.2 Å². The molecule has 2 heterocycles. The quantitative estimate of drug-likeness (QED) is 0.553. The van der Waals surface area contributed by atoms with Gasteiger partial charge in [-0.1, -0.05) is 24.3 Å². The molecule has 174 valence electrons. The number of rotatable bonds is 5. The molecule has 1 amide bonds. The van der Waals surface area contributed by atoms with E-state index in [0.29, 0.717) is 22.7 Å². The number of hydrogen-bond acceptors (Lipinski definition) is 5. The van der Waals surface area contributed by atoms with Crippen LogP contribution in [0, 0.1) is 6.92 Å². The number of para-hydroxylation sites is 1. The highest BCUT2D eigenvalue weighted by Crippen LogP contribution is 2.44. The molecular weight excluding hydrogens is 437 g/mol. The first-order valence-electron chi connectivity index (χ1n) is 10.2. The molecule has 0 aliphatic carbocycles. The maximum Gasteiger partial charge on any atom is 0.410 e. The van der Waals surface area contributed by atoms with Crippen LogP contribution >= 0.6 is 0 Å². The molecule has 2 N–H and O–H groups in total. The molecular formula is C23H23F3N4O3. The molecule has 10 heteroatoms. The van der Waals surface area contributed by atoms with E-state index in [4.69, 9.17) is 9.47 Å². The molecule has 0 saturated heterocycles. The number of alkyl halides is 3. The van der Waals surface area contributed by atoms with E-state index in [1.54, 1.807) is 30.3 Å². The average Bonchev–Trinajstić information content (AvgIpc) is 3.23. The van der Waals surface area contributed by atoms with E-state index in [9.17, 15) is 18.0 Å². The van der Waals surface area contributed by atoms with Gasteiger partial charge in [0.25, 0.3) is 5.91 Å². The van der Waals surface area contributed by atoms with E-state index in [2.05, 4.69) is 15.7 Å². The molecule has 1 aliphatic rings. The number of nitrogens with one attached hydrogen (secondary N) is 2. The van der Waals surface area contributed by atoms with Gasteiger partial charge in [-0.05, 0) is 36.2 Å². The minimum absolute atomic E-state index is 0.108. The monoisotopic (exact) mass is 460 g/mol. The van der Waals surface area contributed by atoms with Crippen molar-refractivity contribution in [2.24, 2.45) is 0 Å². The van der Waals surface area contributed by atoms with Gasteiger partial charge < -0.3 is 20.1 Å². The molecule has 1 aromatic heterocycles. The smallest absolute Gasteiger partial charge is 0.410 e. The zero-order chi connectivity index (χ0) is 23.8. The maximum atomic E-state index is 13.9. The van der Waals surface area contributed by atoms with E-state index in [0.717, 1.165) is 10.2 Å². The third-order valence-electron chi connectivity index (χ3n) is 5.63. The summed E-state index contributed by atoms with van der Waals surface area (Å²) in [6.45, 7) is 1.82. The number of carbonyl (C=O) groups excluding carboxylic acids is 1. The molecule has 0 bridgehead atoms. The van der Waals surface area contributed by atoms with Gasteiger partial charge in [0.15, 0.2) is 23.2 Å². The summed E-state index contributed by atoms with van der Waals surface area (Å²) in [7, 11) is 2.95. The van der Waals surface area contributed by atoms with Crippen LogP contribution in [0.15, 0.2) is 48.5 Å². The second-order valence-electron chi connectivity index (χ2n) is 7.73. The van der Waals surface area contributed by atoms with Gasteiger partial charge in [-0.15, -0.1) is 0 Å². The molecule has 33 heavy (non-hydrogen) atoms. The van der Waals surface area contributed by atoms with Crippen molar-refractivity contribution in [1.82, 2.24) is 9.78 Å². The molecule has 0 fully saturated rings. The number of nitrogens with zero attached hydrogens (tertiary/aromatic N) is 2. The molecule has 4 rings (SSSR count). The van der Waals surface area contributed by atoms with Gasteiger partial charge in [0.2, 0.25) is 0 Å². The second kappa shape index (κ2) is 8.68. The molecule has 7 nitrogen and oxygen atoms in total. The van der Waals surface area contributed by atoms with Crippen LogP contribution in [0.1, 0.15) is 40.1 Å². The fourth-order valence-electron chi connectivity index (χ4n) is 3.87. The third-order valence-corrected chi connectivity index (χ3v) is 5.63. The molecule has 0 radical (unpaired) electrons. The minimum atomic E-state index is -4.55. The Morgan fingerprint density at radius 1 is 1.12 bits per heavy atom. The van der Waals surface area contributed by atoms with Crippen molar-refractivity contribution < 1.29 is 27.4 Å². The average molecular weight is 460 g/mol. The highest BCUT2D eigenvalue weighted by molar-refractivity contribution is 6.03. The Morgan fingerprint density at radius 3 is 2.52 bits per heavy atom. The number of carbonyl (C=O) groups is 1. The van der Waals surface area contributed by atoms with Crippen LogP contribution in [-0.4, -0.2) is 36.1 Å². The van der Waals surface area contributed by atoms with E-state index < -0.39 is 24.2 Å². The van der Waals surface area contributed by atoms with Crippen molar-refractivity contribution in [3.05, 3.63) is 65.4 Å². The SMILES string of the molecule is COc1ccc(C2CC(C(F)(F)F)n3nc(C(=O)Nc4ccccc4C)cc3N2)cc1OC. The van der Waals surface area contributed by atoms with Crippen LogP contribution in [0.25, 0.3) is 0 Å². The lowest BCUT2D eigenvalue weighted by molar-refractivity contribution is -0.173. The van der Waals surface area contributed by atoms with Crippen molar-refractivity contribution in [3.63, 3.8) is 0 Å². The first-order chi connectivity index (χ1) is 15.7. The Labute approximate surface area is 188 Å². The van der Waals surface area contributed by atoms with E-state index >= 15 is 0 Å². The normalized spacial score (nSPS) is 17.6. The van der Waals surface area contributed by atoms with Gasteiger partial charge in [0.05, 0.1) is 20.3 Å². The van der Waals surface area contributed by atoms with E-state index in [1.165, 1.54) is 20.3 Å². The van der Waals surface area contributed by atoms with Crippen molar-refractivity contribution in [2.45, 2.75) is 31.6 Å². The number of benzene rings is 2. The van der Waals surface area contributed by atoms with Gasteiger partial charge in [-0.25, -0.2) is 4.68 Å². The zero-order valence-corrected chi connectivity index (χ0v) is 18.2. The summed E-state index contributed by atoms with van der Waals surface area (Å²) in [6, 6.07) is 10.9. The van der Waals surface area contributed by atoms with Crippen molar-refractivity contribution in [1.29, 1.82) is 0 Å². The molecule has 2 aromatic carbocycles. The maximum absolute atomic E-state index is 13.9. The lowest BCUT2D eigenvalue weighted by Gasteiger charge is -2.33. The standard InChI is InChI=1S/C23H23F3N4O3/c1-13-6-4-5-7-15(13)28-22(31)17-12-21-27-16(11-20(23(24,25)26)30(21)29-17)14-8-9-18(32-2)19(10-14)33-3/h4-10,12,16,20,27H,11H2,1-3H3,(H,28,31). The Balaban J connectivity index is 1.66. The summed E-state index contributed by atoms with van der Waals surface area (Å²) in [5.41, 5.74) is 1.88. The number of amides is 1. The Bertz CT molecular complexity index is 1180. The fraction of sp³-hybridized carbons (Fsp3) is 0.304. The zero-order valence-electron chi connectivity index (χ0n) is 18.2. The van der Waals surface area contributed by atoms with E-state index in [1.807, 2.05) is 19.1 Å². The van der Waals surface area contributed by atoms with Gasteiger partial charge in [-0.2, -0.15) is 18.3 Å². The highest BCUT2D eigenvalue weighted by Gasteiger charge is 2.47. The second-order valence-corrected chi connectivity index (χ2v) is 7.73. The van der Waals surface area contributed by atoms with Crippen LogP contribution in [0.3, 0.4) is 0 Å². The number of ether oxygens (including phenoxy) is 2. The Morgan fingerprint density at radius 2 is 1.85 bits per heavy atom. The van der Waals surface area contributed by atoms with Crippen LogP contribution in [-0.2, 0) is 0 Å². The molecule has 1 aliphatic heterocycles. The number of anilines is 2.